The Balaban J connectivity index is 1.67. The molecule has 0 spiro atoms. The highest BCUT2D eigenvalue weighted by molar-refractivity contribution is 6.34. The van der Waals surface area contributed by atoms with Crippen LogP contribution in [0.1, 0.15) is 48.2 Å². The average molecular weight is 432 g/mol. The van der Waals surface area contributed by atoms with Gasteiger partial charge >= 0.3 is 0 Å². The Bertz CT molecular complexity index is 948. The molecule has 1 saturated carbocycles. The summed E-state index contributed by atoms with van der Waals surface area (Å²) in [6.07, 6.45) is 7.32. The number of rotatable bonds is 6. The average Bonchev–Trinajstić information content (AvgIpc) is 3.24. The molecule has 1 aliphatic carbocycles. The van der Waals surface area contributed by atoms with Crippen molar-refractivity contribution in [2.24, 2.45) is 11.8 Å². The predicted octanol–water partition coefficient (Wildman–Crippen LogP) is 3.52. The molecule has 0 radical (unpaired) electrons. The van der Waals surface area contributed by atoms with Gasteiger partial charge in [-0.2, -0.15) is 4.98 Å². The smallest absolute Gasteiger partial charge is 0.223 e. The van der Waals surface area contributed by atoms with Crippen LogP contribution in [-0.2, 0) is 6.54 Å². The molecular formula is C21H26ClN5O3. The van der Waals surface area contributed by atoms with Crippen LogP contribution in [0.4, 0.5) is 11.8 Å². The van der Waals surface area contributed by atoms with Crippen molar-refractivity contribution in [1.82, 2.24) is 15.0 Å². The molecule has 30 heavy (non-hydrogen) atoms. The standard InChI is InChI=1S/C21H26ClN5O3/c1-29-15-8-14(24-9-16(15)30-2)11-27-10-13(7-12-5-3-4-6-12)18(28)17-19(22)25-21(23)26-20(17)27/h8-9,12-13H,3-7,10-11H2,1-2H3,(H2,23,25,26). The Morgan fingerprint density at radius 1 is 1.20 bits per heavy atom. The zero-order chi connectivity index (χ0) is 21.3. The highest BCUT2D eigenvalue weighted by Gasteiger charge is 2.37. The summed E-state index contributed by atoms with van der Waals surface area (Å²) in [5.74, 6) is 2.12. The molecule has 1 fully saturated rings. The molecule has 0 bridgehead atoms. The number of nitrogens with two attached hydrogens (primary N) is 1. The van der Waals surface area contributed by atoms with Crippen LogP contribution < -0.4 is 20.1 Å². The van der Waals surface area contributed by atoms with Gasteiger partial charge in [-0.05, 0) is 12.3 Å². The van der Waals surface area contributed by atoms with E-state index in [0.29, 0.717) is 41.9 Å². The van der Waals surface area contributed by atoms with Crippen molar-refractivity contribution in [2.75, 3.05) is 31.4 Å². The van der Waals surface area contributed by atoms with Gasteiger partial charge in [0.25, 0.3) is 0 Å². The zero-order valence-corrected chi connectivity index (χ0v) is 18.0. The summed E-state index contributed by atoms with van der Waals surface area (Å²) in [5.41, 5.74) is 6.96. The number of halogens is 1. The summed E-state index contributed by atoms with van der Waals surface area (Å²) >= 11 is 6.35. The number of carbonyl (C=O) groups is 1. The van der Waals surface area contributed by atoms with Crippen molar-refractivity contribution in [1.29, 1.82) is 0 Å². The quantitative estimate of drug-likeness (QED) is 0.693. The number of methoxy groups -OCH3 is 2. The first kappa shape index (κ1) is 20.7. The molecule has 2 aliphatic rings. The minimum atomic E-state index is -0.148. The molecule has 1 atom stereocenters. The van der Waals surface area contributed by atoms with Crippen LogP contribution in [0.15, 0.2) is 12.3 Å². The van der Waals surface area contributed by atoms with E-state index in [9.17, 15) is 4.79 Å². The fraction of sp³-hybridized carbons (Fsp3) is 0.524. The molecule has 0 amide bonds. The minimum Gasteiger partial charge on any atom is -0.493 e. The van der Waals surface area contributed by atoms with E-state index in [0.717, 1.165) is 12.1 Å². The summed E-state index contributed by atoms with van der Waals surface area (Å²) < 4.78 is 10.7. The van der Waals surface area contributed by atoms with E-state index in [4.69, 9.17) is 26.8 Å². The van der Waals surface area contributed by atoms with Crippen LogP contribution in [0.5, 0.6) is 11.5 Å². The van der Waals surface area contributed by atoms with Crippen molar-refractivity contribution in [2.45, 2.75) is 38.6 Å². The van der Waals surface area contributed by atoms with Crippen LogP contribution in [0.3, 0.4) is 0 Å². The number of ether oxygens (including phenoxy) is 2. The molecule has 160 valence electrons. The SMILES string of the molecule is COc1cnc(CN2CC(CC3CCCC3)C(=O)c3c(Cl)nc(N)nc32)cc1OC. The summed E-state index contributed by atoms with van der Waals surface area (Å²) in [5, 5.41) is 0.115. The van der Waals surface area contributed by atoms with Gasteiger partial charge in [-0.3, -0.25) is 9.78 Å². The van der Waals surface area contributed by atoms with Crippen LogP contribution in [0, 0.1) is 11.8 Å². The molecule has 4 rings (SSSR count). The molecule has 0 saturated heterocycles. The Morgan fingerprint density at radius 3 is 2.63 bits per heavy atom. The fourth-order valence-electron chi connectivity index (χ4n) is 4.55. The van der Waals surface area contributed by atoms with E-state index >= 15 is 0 Å². The van der Waals surface area contributed by atoms with Crippen molar-refractivity contribution < 1.29 is 14.3 Å². The number of fused-ring (bicyclic) bond motifs is 1. The van der Waals surface area contributed by atoms with Crippen molar-refractivity contribution in [3.05, 3.63) is 28.7 Å². The number of pyridine rings is 1. The number of nitrogens with zero attached hydrogens (tertiary/aromatic N) is 4. The van der Waals surface area contributed by atoms with Gasteiger partial charge in [0.15, 0.2) is 17.3 Å². The van der Waals surface area contributed by atoms with E-state index in [1.54, 1.807) is 20.4 Å². The van der Waals surface area contributed by atoms with Gasteiger partial charge in [0, 0.05) is 18.5 Å². The molecule has 9 heteroatoms. The number of Topliss-reactive ketones (excluding diaryl/α,β-unsaturated/α-hetero) is 1. The van der Waals surface area contributed by atoms with Gasteiger partial charge in [0.2, 0.25) is 5.95 Å². The number of hydrogen-bond acceptors (Lipinski definition) is 8. The predicted molar refractivity (Wildman–Crippen MR) is 114 cm³/mol. The van der Waals surface area contributed by atoms with Crippen molar-refractivity contribution in [3.8, 4) is 11.5 Å². The summed E-state index contributed by atoms with van der Waals surface area (Å²) in [7, 11) is 3.16. The lowest BCUT2D eigenvalue weighted by Gasteiger charge is -2.35. The molecule has 2 aromatic heterocycles. The molecular weight excluding hydrogens is 406 g/mol. The largest absolute Gasteiger partial charge is 0.493 e. The third-order valence-corrected chi connectivity index (χ3v) is 6.27. The summed E-state index contributed by atoms with van der Waals surface area (Å²) in [6, 6.07) is 1.83. The first-order valence-electron chi connectivity index (χ1n) is 10.2. The van der Waals surface area contributed by atoms with E-state index in [-0.39, 0.29) is 22.8 Å². The molecule has 3 heterocycles. The van der Waals surface area contributed by atoms with E-state index in [2.05, 4.69) is 15.0 Å². The van der Waals surface area contributed by atoms with Crippen LogP contribution >= 0.6 is 11.6 Å². The lowest BCUT2D eigenvalue weighted by Crippen LogP contribution is -2.41. The van der Waals surface area contributed by atoms with Gasteiger partial charge in [-0.15, -0.1) is 0 Å². The number of hydrogen-bond donors (Lipinski definition) is 1. The fourth-order valence-corrected chi connectivity index (χ4v) is 4.81. The monoisotopic (exact) mass is 431 g/mol. The van der Waals surface area contributed by atoms with Gasteiger partial charge in [-0.1, -0.05) is 37.3 Å². The molecule has 2 N–H and O–H groups in total. The maximum Gasteiger partial charge on any atom is 0.223 e. The lowest BCUT2D eigenvalue weighted by atomic mass is 9.85. The highest BCUT2D eigenvalue weighted by atomic mass is 35.5. The molecule has 8 nitrogen and oxygen atoms in total. The zero-order valence-electron chi connectivity index (χ0n) is 17.2. The molecule has 1 unspecified atom stereocenters. The van der Waals surface area contributed by atoms with Crippen LogP contribution in [0.25, 0.3) is 0 Å². The molecule has 0 aromatic carbocycles. The minimum absolute atomic E-state index is 0.0124. The Kier molecular flexibility index (Phi) is 5.94. The van der Waals surface area contributed by atoms with E-state index < -0.39 is 0 Å². The molecule has 2 aromatic rings. The third-order valence-electron chi connectivity index (χ3n) is 5.99. The maximum absolute atomic E-state index is 13.2. The maximum atomic E-state index is 13.2. The second-order valence-electron chi connectivity index (χ2n) is 7.93. The van der Waals surface area contributed by atoms with E-state index in [1.165, 1.54) is 25.7 Å². The molecule has 1 aliphatic heterocycles. The topological polar surface area (TPSA) is 103 Å². The lowest BCUT2D eigenvalue weighted by molar-refractivity contribution is 0.0894. The third kappa shape index (κ3) is 4.01. The number of carbonyl (C=O) groups excluding carboxylic acids is 1. The van der Waals surface area contributed by atoms with Crippen molar-refractivity contribution in [3.63, 3.8) is 0 Å². The Morgan fingerprint density at radius 2 is 1.93 bits per heavy atom. The van der Waals surface area contributed by atoms with Crippen LogP contribution in [0.2, 0.25) is 5.15 Å². The first-order valence-corrected chi connectivity index (χ1v) is 10.6. The van der Waals surface area contributed by atoms with Gasteiger partial charge in [0.05, 0.1) is 38.2 Å². The second-order valence-corrected chi connectivity index (χ2v) is 8.29. The number of nitrogen functional groups attached to an aromatic ring is 1. The Labute approximate surface area is 180 Å². The normalized spacial score (nSPS) is 19.1. The van der Waals surface area contributed by atoms with Gasteiger partial charge in [-0.25, -0.2) is 4.98 Å². The van der Waals surface area contributed by atoms with Gasteiger partial charge < -0.3 is 20.1 Å². The highest BCUT2D eigenvalue weighted by Crippen LogP contribution is 2.39. The van der Waals surface area contributed by atoms with Crippen LogP contribution in [-0.4, -0.2) is 41.5 Å². The second kappa shape index (κ2) is 8.63. The number of anilines is 2. The summed E-state index contributed by atoms with van der Waals surface area (Å²) in [4.78, 5) is 28.1. The van der Waals surface area contributed by atoms with Crippen molar-refractivity contribution >= 4 is 29.2 Å². The van der Waals surface area contributed by atoms with E-state index in [1.807, 2.05) is 11.0 Å². The number of aromatic nitrogens is 3. The van der Waals surface area contributed by atoms with Gasteiger partial charge in [0.1, 0.15) is 11.0 Å². The first-order chi connectivity index (χ1) is 14.5. The Hall–Kier alpha value is -2.61. The number of ketones is 1. The summed E-state index contributed by atoms with van der Waals surface area (Å²) in [6.45, 7) is 0.986.